The number of hydrogen-bond acceptors (Lipinski definition) is 2. The van der Waals surface area contributed by atoms with Gasteiger partial charge in [0.1, 0.15) is 0 Å². The van der Waals surface area contributed by atoms with Crippen molar-refractivity contribution in [3.63, 3.8) is 0 Å². The lowest BCUT2D eigenvalue weighted by Crippen LogP contribution is -2.27. The fourth-order valence-corrected chi connectivity index (χ4v) is 0.884. The maximum absolute atomic E-state index is 10.8. The third kappa shape index (κ3) is 0.556. The highest BCUT2D eigenvalue weighted by Gasteiger charge is 2.03. The molecule has 1 aromatic heterocycles. The van der Waals surface area contributed by atoms with Crippen LogP contribution in [0.2, 0.25) is 0 Å². The predicted octanol–water partition coefficient (Wildman–Crippen LogP) is 0.196. The highest BCUT2D eigenvalue weighted by Crippen LogP contribution is 2.02. The zero-order valence-electron chi connectivity index (χ0n) is 5.11. The average Bonchev–Trinajstić information content (AvgIpc) is 2.34. The van der Waals surface area contributed by atoms with Crippen LogP contribution in [0.25, 0.3) is 11.0 Å². The summed E-state index contributed by atoms with van der Waals surface area (Å²) in [7, 11) is 0. The summed E-state index contributed by atoms with van der Waals surface area (Å²) in [6.07, 6.45) is 0. The molecule has 0 saturated heterocycles. The average molecular weight is 135 g/mol. The summed E-state index contributed by atoms with van der Waals surface area (Å²) in [4.78, 5) is 0.634. The predicted molar refractivity (Wildman–Crippen MR) is 35.1 cm³/mol. The Kier molecular flexibility index (Phi) is 0.887. The fourth-order valence-electron chi connectivity index (χ4n) is 0.884. The van der Waals surface area contributed by atoms with Gasteiger partial charge in [0.15, 0.2) is 0 Å². The van der Waals surface area contributed by atoms with Crippen molar-refractivity contribution in [2.75, 3.05) is 0 Å². The quantitative estimate of drug-likeness (QED) is 0.414. The Bertz CT molecular complexity index is 355. The molecule has 0 saturated carbocycles. The summed E-state index contributed by atoms with van der Waals surface area (Å²) >= 11 is 0. The van der Waals surface area contributed by atoms with Gasteiger partial charge in [-0.1, -0.05) is 17.3 Å². The number of H-pyrrole nitrogens is 1. The Labute approximate surface area is 56.7 Å². The minimum absolute atomic E-state index is 0.572. The molecule has 0 amide bonds. The molecule has 0 bridgehead atoms. The zero-order chi connectivity index (χ0) is 6.97. The van der Waals surface area contributed by atoms with Crippen LogP contribution in [0.5, 0.6) is 0 Å². The molecular weight excluding hydrogens is 130 g/mol. The molecule has 0 aliphatic heterocycles. The van der Waals surface area contributed by atoms with Gasteiger partial charge in [-0.15, -0.1) is 0 Å². The van der Waals surface area contributed by atoms with Gasteiger partial charge in [0.25, 0.3) is 0 Å². The molecule has 0 aliphatic rings. The van der Waals surface area contributed by atoms with Gasteiger partial charge in [0, 0.05) is 5.10 Å². The van der Waals surface area contributed by atoms with Gasteiger partial charge >= 0.3 is 0 Å². The zero-order valence-corrected chi connectivity index (χ0v) is 5.11. The molecule has 0 fully saturated rings. The van der Waals surface area contributed by atoms with Crippen molar-refractivity contribution in [3.8, 4) is 0 Å². The number of hydrogen-bond donors (Lipinski definition) is 1. The third-order valence-corrected chi connectivity index (χ3v) is 1.36. The van der Waals surface area contributed by atoms with Crippen LogP contribution < -0.4 is 4.85 Å². The Morgan fingerprint density at radius 1 is 1.40 bits per heavy atom. The number of nitrogens with zero attached hydrogens (tertiary/aromatic N) is 2. The number of aromatic nitrogens is 3. The Morgan fingerprint density at radius 2 is 2.20 bits per heavy atom. The normalized spacial score (nSPS) is 10.4. The minimum atomic E-state index is 0.572. The molecule has 1 aromatic carbocycles. The van der Waals surface area contributed by atoms with E-state index in [0.29, 0.717) is 15.9 Å². The number of fused-ring (bicyclic) bond motifs is 1. The van der Waals surface area contributed by atoms with Gasteiger partial charge < -0.3 is 5.21 Å². The van der Waals surface area contributed by atoms with Crippen LogP contribution in [-0.2, 0) is 0 Å². The van der Waals surface area contributed by atoms with Crippen LogP contribution in [0, 0.1) is 5.21 Å². The minimum Gasteiger partial charge on any atom is -0.692 e. The topological polar surface area (TPSA) is 55.6 Å². The van der Waals surface area contributed by atoms with E-state index in [0.717, 1.165) is 0 Å². The summed E-state index contributed by atoms with van der Waals surface area (Å²) in [6, 6.07) is 7.13. The standard InChI is InChI=1S/C6H5N3O/c10-9-6-4-2-1-3-5(6)7-8-9/h1-4,8H. The van der Waals surface area contributed by atoms with E-state index in [9.17, 15) is 5.21 Å². The fraction of sp³-hybridized carbons (Fsp3) is 0. The van der Waals surface area contributed by atoms with E-state index in [-0.39, 0.29) is 0 Å². The number of para-hydroxylation sites is 2. The van der Waals surface area contributed by atoms with E-state index in [1.807, 2.05) is 6.07 Å². The van der Waals surface area contributed by atoms with E-state index >= 15 is 0 Å². The molecule has 0 spiro atoms. The van der Waals surface area contributed by atoms with Crippen molar-refractivity contribution in [2.45, 2.75) is 0 Å². The molecule has 4 heteroatoms. The molecule has 50 valence electrons. The molecule has 0 unspecified atom stereocenters. The van der Waals surface area contributed by atoms with Crippen LogP contribution in [-0.4, -0.2) is 10.3 Å². The van der Waals surface area contributed by atoms with Crippen LogP contribution in [0.15, 0.2) is 24.3 Å². The molecule has 1 N–H and O–H groups in total. The summed E-state index contributed by atoms with van der Waals surface area (Å²) in [5.74, 6) is 0. The molecule has 10 heavy (non-hydrogen) atoms. The second-order valence-electron chi connectivity index (χ2n) is 1.99. The van der Waals surface area contributed by atoms with Gasteiger partial charge in [-0.25, -0.2) is 0 Å². The van der Waals surface area contributed by atoms with Gasteiger partial charge in [0.05, 0.1) is 0 Å². The lowest BCUT2D eigenvalue weighted by atomic mass is 10.3. The first-order valence-corrected chi connectivity index (χ1v) is 2.90. The molecule has 0 aliphatic carbocycles. The summed E-state index contributed by atoms with van der Waals surface area (Å²) in [6.45, 7) is 0. The van der Waals surface area contributed by atoms with E-state index in [2.05, 4.69) is 10.3 Å². The van der Waals surface area contributed by atoms with Gasteiger partial charge in [-0.05, 0) is 12.1 Å². The van der Waals surface area contributed by atoms with Crippen molar-refractivity contribution in [2.24, 2.45) is 0 Å². The SMILES string of the molecule is [O-][n+]1[nH]nc2ccccc21. The molecule has 1 heterocycles. The number of benzene rings is 1. The van der Waals surface area contributed by atoms with E-state index in [4.69, 9.17) is 0 Å². The highest BCUT2D eigenvalue weighted by atomic mass is 16.5. The maximum atomic E-state index is 10.8. The molecular formula is C6H5N3O. The second-order valence-corrected chi connectivity index (χ2v) is 1.99. The Morgan fingerprint density at radius 3 is 3.00 bits per heavy atom. The lowest BCUT2D eigenvalue weighted by Gasteiger charge is -1.90. The molecule has 0 atom stereocenters. The molecule has 2 rings (SSSR count). The first-order valence-electron chi connectivity index (χ1n) is 2.90. The summed E-state index contributed by atoms with van der Waals surface area (Å²) < 4.78 is 0. The molecule has 2 aromatic rings. The Hall–Kier alpha value is -1.58. The van der Waals surface area contributed by atoms with Crippen LogP contribution in [0.4, 0.5) is 0 Å². The summed E-state index contributed by atoms with van der Waals surface area (Å²) in [5.41, 5.74) is 1.26. The highest BCUT2D eigenvalue weighted by molar-refractivity contribution is 5.69. The van der Waals surface area contributed by atoms with Crippen LogP contribution in [0.3, 0.4) is 0 Å². The second kappa shape index (κ2) is 1.70. The van der Waals surface area contributed by atoms with Crippen molar-refractivity contribution in [1.82, 2.24) is 10.3 Å². The van der Waals surface area contributed by atoms with E-state index in [1.165, 1.54) is 0 Å². The van der Waals surface area contributed by atoms with Gasteiger partial charge in [0.2, 0.25) is 11.0 Å². The van der Waals surface area contributed by atoms with E-state index in [1.54, 1.807) is 18.2 Å². The van der Waals surface area contributed by atoms with E-state index < -0.39 is 0 Å². The first kappa shape index (κ1) is 5.22. The molecule has 0 radical (unpaired) electrons. The lowest BCUT2D eigenvalue weighted by molar-refractivity contribution is -0.644. The monoisotopic (exact) mass is 135 g/mol. The van der Waals surface area contributed by atoms with Crippen molar-refractivity contribution in [1.29, 1.82) is 0 Å². The van der Waals surface area contributed by atoms with Crippen LogP contribution in [0.1, 0.15) is 0 Å². The number of aromatic amines is 1. The number of nitrogens with one attached hydrogen (secondary N) is 1. The van der Waals surface area contributed by atoms with Crippen molar-refractivity contribution < 1.29 is 4.85 Å². The smallest absolute Gasteiger partial charge is 0.249 e. The van der Waals surface area contributed by atoms with Crippen LogP contribution >= 0.6 is 0 Å². The molecule has 4 nitrogen and oxygen atoms in total. The summed E-state index contributed by atoms with van der Waals surface area (Å²) in [5, 5.41) is 16.8. The van der Waals surface area contributed by atoms with Crippen molar-refractivity contribution in [3.05, 3.63) is 29.5 Å². The number of rotatable bonds is 0. The van der Waals surface area contributed by atoms with Gasteiger partial charge in [-0.3, -0.25) is 0 Å². The van der Waals surface area contributed by atoms with Crippen molar-refractivity contribution >= 4 is 11.0 Å². The maximum Gasteiger partial charge on any atom is 0.249 e. The Balaban J connectivity index is 2.93. The third-order valence-electron chi connectivity index (χ3n) is 1.36. The largest absolute Gasteiger partial charge is 0.692 e. The van der Waals surface area contributed by atoms with Gasteiger partial charge in [-0.2, -0.15) is 4.85 Å². The first-order chi connectivity index (χ1) is 4.88.